The zero-order valence-electron chi connectivity index (χ0n) is 23.1. The van der Waals surface area contributed by atoms with E-state index in [1.807, 2.05) is 49.3 Å². The lowest BCUT2D eigenvalue weighted by molar-refractivity contribution is -0.167. The zero-order valence-corrected chi connectivity index (χ0v) is 23.1. The molecule has 0 bridgehead atoms. The van der Waals surface area contributed by atoms with Crippen molar-refractivity contribution in [3.05, 3.63) is 70.8 Å². The molecule has 0 spiro atoms. The van der Waals surface area contributed by atoms with E-state index in [-0.39, 0.29) is 37.9 Å². The number of aryl methyl sites for hydroxylation is 1. The summed E-state index contributed by atoms with van der Waals surface area (Å²) in [6.07, 6.45) is -3.93. The van der Waals surface area contributed by atoms with E-state index in [9.17, 15) is 27.6 Å². The number of rotatable bonds is 8. The standard InChI is InChI=1S/C29H36F3N5O3/c1-20-14-22(16-23(15-20)29(30,31)32)17-33-28(40)36-13-11-26(38)37-24(10-7-12-34(2)3)27(39)35(19-25(36)37)18-21-8-5-4-6-9-21/h4-6,8-9,14-16,24-25H,7,10-13,17-19H2,1-3H3,(H,33,40)/t24-,25+/m0/s1. The van der Waals surface area contributed by atoms with Crippen molar-refractivity contribution < 1.29 is 27.6 Å². The van der Waals surface area contributed by atoms with Crippen LogP contribution in [0.15, 0.2) is 48.5 Å². The summed E-state index contributed by atoms with van der Waals surface area (Å²) in [5.41, 5.74) is 0.942. The molecule has 2 aliphatic heterocycles. The predicted octanol–water partition coefficient (Wildman–Crippen LogP) is 3.84. The Morgan fingerprint density at radius 2 is 1.80 bits per heavy atom. The van der Waals surface area contributed by atoms with Crippen LogP contribution in [0.3, 0.4) is 0 Å². The largest absolute Gasteiger partial charge is 0.416 e. The first-order valence-corrected chi connectivity index (χ1v) is 13.4. The van der Waals surface area contributed by atoms with E-state index < -0.39 is 30.0 Å². The number of nitrogens with one attached hydrogen (secondary N) is 1. The first-order valence-electron chi connectivity index (χ1n) is 13.4. The molecule has 8 nitrogen and oxygen atoms in total. The van der Waals surface area contributed by atoms with E-state index in [0.717, 1.165) is 24.2 Å². The van der Waals surface area contributed by atoms with Gasteiger partial charge in [-0.15, -0.1) is 0 Å². The molecular formula is C29H36F3N5O3. The van der Waals surface area contributed by atoms with Crippen molar-refractivity contribution in [1.29, 1.82) is 0 Å². The number of carbonyl (C=O) groups excluding carboxylic acids is 3. The van der Waals surface area contributed by atoms with E-state index in [2.05, 4.69) is 5.32 Å². The molecule has 40 heavy (non-hydrogen) atoms. The maximum absolute atomic E-state index is 13.6. The number of carbonyl (C=O) groups is 3. The minimum atomic E-state index is -4.49. The summed E-state index contributed by atoms with van der Waals surface area (Å²) in [7, 11) is 3.88. The minimum absolute atomic E-state index is 0.0722. The molecule has 2 aliphatic rings. The predicted molar refractivity (Wildman–Crippen MR) is 144 cm³/mol. The molecule has 0 radical (unpaired) electrons. The molecule has 0 unspecified atom stereocenters. The van der Waals surface area contributed by atoms with Gasteiger partial charge in [0.05, 0.1) is 12.1 Å². The number of hydrogen-bond acceptors (Lipinski definition) is 4. The third-order valence-corrected chi connectivity index (χ3v) is 7.32. The maximum Gasteiger partial charge on any atom is 0.416 e. The number of halogens is 3. The number of nitrogens with zero attached hydrogens (tertiary/aromatic N) is 4. The fourth-order valence-corrected chi connectivity index (χ4v) is 5.45. The molecule has 2 fully saturated rings. The van der Waals surface area contributed by atoms with Gasteiger partial charge in [-0.1, -0.05) is 42.0 Å². The summed E-state index contributed by atoms with van der Waals surface area (Å²) in [6.45, 7) is 2.88. The highest BCUT2D eigenvalue weighted by Crippen LogP contribution is 2.31. The summed E-state index contributed by atoms with van der Waals surface area (Å²) in [5.74, 6) is -0.320. The molecular weight excluding hydrogens is 523 g/mol. The highest BCUT2D eigenvalue weighted by Gasteiger charge is 2.48. The summed E-state index contributed by atoms with van der Waals surface area (Å²) in [6, 6.07) is 12.0. The molecule has 2 saturated heterocycles. The topological polar surface area (TPSA) is 76.2 Å². The molecule has 216 valence electrons. The summed E-state index contributed by atoms with van der Waals surface area (Å²) < 4.78 is 39.9. The van der Waals surface area contributed by atoms with Gasteiger partial charge in [0, 0.05) is 26.1 Å². The number of amides is 4. The van der Waals surface area contributed by atoms with Gasteiger partial charge in [0.2, 0.25) is 11.8 Å². The number of urea groups is 1. The monoisotopic (exact) mass is 559 g/mol. The SMILES string of the molecule is Cc1cc(CNC(=O)N2CCC(=O)N3[C@@H]2CN(Cc2ccccc2)C(=O)[C@@H]3CCCN(C)C)cc(C(F)(F)F)c1. The van der Waals surface area contributed by atoms with Gasteiger partial charge in [0.25, 0.3) is 0 Å². The lowest BCUT2D eigenvalue weighted by Crippen LogP contribution is -2.71. The van der Waals surface area contributed by atoms with Crippen LogP contribution in [0.4, 0.5) is 18.0 Å². The summed E-state index contributed by atoms with van der Waals surface area (Å²) >= 11 is 0. The average Bonchev–Trinajstić information content (AvgIpc) is 2.89. The Kier molecular flexibility index (Phi) is 9.02. The second-order valence-electron chi connectivity index (χ2n) is 10.8. The van der Waals surface area contributed by atoms with Crippen molar-refractivity contribution in [3.63, 3.8) is 0 Å². The van der Waals surface area contributed by atoms with E-state index in [1.165, 1.54) is 4.90 Å². The Hall–Kier alpha value is -3.60. The van der Waals surface area contributed by atoms with E-state index in [0.29, 0.717) is 30.5 Å². The second kappa shape index (κ2) is 12.3. The molecule has 0 aliphatic carbocycles. The normalized spacial score (nSPS) is 19.7. The third-order valence-electron chi connectivity index (χ3n) is 7.32. The van der Waals surface area contributed by atoms with Crippen molar-refractivity contribution >= 4 is 17.8 Å². The van der Waals surface area contributed by atoms with Crippen molar-refractivity contribution in [2.75, 3.05) is 33.7 Å². The lowest BCUT2D eigenvalue weighted by Gasteiger charge is -2.52. The van der Waals surface area contributed by atoms with Crippen LogP contribution in [-0.2, 0) is 28.9 Å². The zero-order chi connectivity index (χ0) is 29.0. The number of piperazine rings is 1. The van der Waals surface area contributed by atoms with Gasteiger partial charge in [-0.3, -0.25) is 9.59 Å². The van der Waals surface area contributed by atoms with Crippen LogP contribution < -0.4 is 5.32 Å². The van der Waals surface area contributed by atoms with Crippen LogP contribution in [0.5, 0.6) is 0 Å². The first kappa shape index (κ1) is 29.4. The van der Waals surface area contributed by atoms with Crippen LogP contribution in [0, 0.1) is 6.92 Å². The maximum atomic E-state index is 13.6. The van der Waals surface area contributed by atoms with Gasteiger partial charge >= 0.3 is 12.2 Å². The van der Waals surface area contributed by atoms with Crippen LogP contribution >= 0.6 is 0 Å². The van der Waals surface area contributed by atoms with Crippen molar-refractivity contribution in [3.8, 4) is 0 Å². The third kappa shape index (κ3) is 6.93. The number of hydrogen-bond donors (Lipinski definition) is 1. The van der Waals surface area contributed by atoms with E-state index >= 15 is 0 Å². The highest BCUT2D eigenvalue weighted by molar-refractivity contribution is 5.91. The Labute approximate surface area is 232 Å². The quantitative estimate of drug-likeness (QED) is 0.534. The first-order chi connectivity index (χ1) is 18.9. The van der Waals surface area contributed by atoms with Crippen molar-refractivity contribution in [2.24, 2.45) is 0 Å². The highest BCUT2D eigenvalue weighted by atomic mass is 19.4. The molecule has 11 heteroatoms. The van der Waals surface area contributed by atoms with Gasteiger partial charge in [0.1, 0.15) is 12.2 Å². The van der Waals surface area contributed by atoms with Gasteiger partial charge in [-0.2, -0.15) is 13.2 Å². The lowest BCUT2D eigenvalue weighted by atomic mass is 9.99. The Bertz CT molecular complexity index is 1220. The smallest absolute Gasteiger partial charge is 0.334 e. The second-order valence-corrected chi connectivity index (χ2v) is 10.8. The molecule has 4 amide bonds. The van der Waals surface area contributed by atoms with E-state index in [4.69, 9.17) is 0 Å². The Balaban J connectivity index is 1.55. The van der Waals surface area contributed by atoms with Gasteiger partial charge < -0.3 is 24.9 Å². The molecule has 0 aromatic heterocycles. The van der Waals surface area contributed by atoms with Crippen LogP contribution in [-0.4, -0.2) is 83.4 Å². The Morgan fingerprint density at radius 1 is 1.07 bits per heavy atom. The van der Waals surface area contributed by atoms with Gasteiger partial charge in [0.15, 0.2) is 0 Å². The Morgan fingerprint density at radius 3 is 2.48 bits per heavy atom. The van der Waals surface area contributed by atoms with E-state index in [1.54, 1.807) is 22.8 Å². The molecule has 2 heterocycles. The van der Waals surface area contributed by atoms with Crippen LogP contribution in [0.2, 0.25) is 0 Å². The molecule has 1 N–H and O–H groups in total. The van der Waals surface area contributed by atoms with Gasteiger partial charge in [-0.25, -0.2) is 4.79 Å². The molecule has 2 aromatic rings. The molecule has 2 atom stereocenters. The fourth-order valence-electron chi connectivity index (χ4n) is 5.45. The number of alkyl halides is 3. The number of benzene rings is 2. The summed E-state index contributed by atoms with van der Waals surface area (Å²) in [4.78, 5) is 47.0. The van der Waals surface area contributed by atoms with Gasteiger partial charge in [-0.05, 0) is 63.7 Å². The average molecular weight is 560 g/mol. The number of fused-ring (bicyclic) bond motifs is 1. The fraction of sp³-hybridized carbons (Fsp3) is 0.483. The molecule has 2 aromatic carbocycles. The molecule has 0 saturated carbocycles. The van der Waals surface area contributed by atoms with Crippen LogP contribution in [0.1, 0.15) is 41.5 Å². The van der Waals surface area contributed by atoms with Crippen molar-refractivity contribution in [2.45, 2.75) is 57.7 Å². The minimum Gasteiger partial charge on any atom is -0.334 e. The molecule has 4 rings (SSSR count). The van der Waals surface area contributed by atoms with Crippen molar-refractivity contribution in [1.82, 2.24) is 24.9 Å². The van der Waals surface area contributed by atoms with Crippen LogP contribution in [0.25, 0.3) is 0 Å². The summed E-state index contributed by atoms with van der Waals surface area (Å²) in [5, 5.41) is 2.74.